The van der Waals surface area contributed by atoms with Crippen LogP contribution in [0.15, 0.2) is 33.6 Å². The Bertz CT molecular complexity index is 684. The highest BCUT2D eigenvalue weighted by atomic mass is 79.9. The molecule has 1 aromatic heterocycles. The van der Waals surface area contributed by atoms with Crippen LogP contribution in [-0.2, 0) is 16.6 Å². The highest BCUT2D eigenvalue weighted by Crippen LogP contribution is 2.24. The van der Waals surface area contributed by atoms with Crippen LogP contribution in [0.25, 0.3) is 0 Å². The maximum absolute atomic E-state index is 12.4. The molecule has 0 bridgehead atoms. The molecule has 19 heavy (non-hydrogen) atoms. The van der Waals surface area contributed by atoms with Crippen LogP contribution in [0, 0.1) is 6.92 Å². The van der Waals surface area contributed by atoms with Crippen LogP contribution in [0.2, 0.25) is 0 Å². The number of nitrogens with zero attached hydrogens (tertiary/aromatic N) is 3. The summed E-state index contributed by atoms with van der Waals surface area (Å²) in [7, 11) is -2.07. The van der Waals surface area contributed by atoms with Crippen molar-refractivity contribution in [1.82, 2.24) is 19.5 Å². The summed E-state index contributed by atoms with van der Waals surface area (Å²) >= 11 is 3.25. The number of rotatable bonds is 4. The first-order chi connectivity index (χ1) is 8.91. The van der Waals surface area contributed by atoms with Crippen molar-refractivity contribution in [2.45, 2.75) is 18.4 Å². The maximum atomic E-state index is 12.4. The van der Waals surface area contributed by atoms with Crippen LogP contribution in [0.5, 0.6) is 0 Å². The molecular formula is C11H13BrN4O2S. The Hall–Kier alpha value is -1.25. The number of benzene rings is 1. The van der Waals surface area contributed by atoms with Gasteiger partial charge in [-0.15, -0.1) is 0 Å². The molecular weight excluding hydrogens is 332 g/mol. The lowest BCUT2D eigenvalue weighted by molar-refractivity contribution is 0.457. The highest BCUT2D eigenvalue weighted by Gasteiger charge is 2.24. The molecule has 8 heteroatoms. The Balaban J connectivity index is 2.27. The summed E-state index contributed by atoms with van der Waals surface area (Å²) in [6, 6.07) is 6.70. The van der Waals surface area contributed by atoms with E-state index in [4.69, 9.17) is 0 Å². The summed E-state index contributed by atoms with van der Waals surface area (Å²) < 4.78 is 26.5. The van der Waals surface area contributed by atoms with Gasteiger partial charge in [-0.25, -0.2) is 13.4 Å². The van der Waals surface area contributed by atoms with Crippen LogP contribution in [-0.4, -0.2) is 35.0 Å². The van der Waals surface area contributed by atoms with E-state index in [0.29, 0.717) is 16.1 Å². The van der Waals surface area contributed by atoms with Gasteiger partial charge in [-0.05, 0) is 35.0 Å². The molecule has 0 fully saturated rings. The molecule has 1 N–H and O–H groups in total. The summed E-state index contributed by atoms with van der Waals surface area (Å²) in [5.41, 5.74) is 0. The molecule has 102 valence electrons. The number of hydrogen-bond acceptors (Lipinski definition) is 4. The molecule has 0 aliphatic carbocycles. The Labute approximate surface area is 120 Å². The van der Waals surface area contributed by atoms with Crippen molar-refractivity contribution < 1.29 is 8.42 Å². The largest absolute Gasteiger partial charge is 0.263 e. The fourth-order valence-corrected chi connectivity index (χ4v) is 3.65. The van der Waals surface area contributed by atoms with Gasteiger partial charge in [0.25, 0.3) is 0 Å². The van der Waals surface area contributed by atoms with Crippen molar-refractivity contribution >= 4 is 26.0 Å². The van der Waals surface area contributed by atoms with Crippen LogP contribution in [0.1, 0.15) is 11.6 Å². The number of aromatic amines is 1. The zero-order valence-corrected chi connectivity index (χ0v) is 12.9. The fourth-order valence-electron chi connectivity index (χ4n) is 1.57. The van der Waals surface area contributed by atoms with Crippen molar-refractivity contribution in [3.63, 3.8) is 0 Å². The molecule has 0 unspecified atom stereocenters. The van der Waals surface area contributed by atoms with E-state index in [0.717, 1.165) is 0 Å². The first-order valence-electron chi connectivity index (χ1n) is 5.50. The van der Waals surface area contributed by atoms with Crippen LogP contribution < -0.4 is 0 Å². The van der Waals surface area contributed by atoms with Gasteiger partial charge in [0.1, 0.15) is 5.82 Å². The third-order valence-corrected chi connectivity index (χ3v) is 5.35. The molecule has 0 spiro atoms. The van der Waals surface area contributed by atoms with Crippen LogP contribution in [0.3, 0.4) is 0 Å². The second-order valence-corrected chi connectivity index (χ2v) is 6.90. The molecule has 1 heterocycles. The van der Waals surface area contributed by atoms with Gasteiger partial charge in [-0.1, -0.05) is 12.1 Å². The normalized spacial score (nSPS) is 12.0. The monoisotopic (exact) mass is 344 g/mol. The van der Waals surface area contributed by atoms with Gasteiger partial charge in [-0.3, -0.25) is 5.10 Å². The third-order valence-electron chi connectivity index (χ3n) is 2.53. The first kappa shape index (κ1) is 14.2. The van der Waals surface area contributed by atoms with Crippen LogP contribution in [0.4, 0.5) is 0 Å². The van der Waals surface area contributed by atoms with Crippen molar-refractivity contribution in [1.29, 1.82) is 0 Å². The number of nitrogens with one attached hydrogen (secondary N) is 1. The Morgan fingerprint density at radius 3 is 2.63 bits per heavy atom. The molecule has 2 aromatic rings. The maximum Gasteiger partial charge on any atom is 0.244 e. The van der Waals surface area contributed by atoms with Gasteiger partial charge >= 0.3 is 0 Å². The van der Waals surface area contributed by atoms with Gasteiger partial charge in [0.2, 0.25) is 10.0 Å². The van der Waals surface area contributed by atoms with E-state index < -0.39 is 10.0 Å². The highest BCUT2D eigenvalue weighted by molar-refractivity contribution is 9.10. The molecule has 0 radical (unpaired) electrons. The fraction of sp³-hybridized carbons (Fsp3) is 0.273. The summed E-state index contributed by atoms with van der Waals surface area (Å²) in [4.78, 5) is 4.32. The first-order valence-corrected chi connectivity index (χ1v) is 7.73. The Kier molecular flexibility index (Phi) is 4.02. The lowest BCUT2D eigenvalue weighted by Crippen LogP contribution is -2.27. The molecule has 6 nitrogen and oxygen atoms in total. The zero-order valence-electron chi connectivity index (χ0n) is 10.5. The summed E-state index contributed by atoms with van der Waals surface area (Å²) in [6.45, 7) is 1.88. The standard InChI is InChI=1S/C11H13BrN4O2S/c1-8-13-11(15-14-8)7-16(2)19(17,18)10-6-4-3-5-9(10)12/h3-6H,7H2,1-2H3,(H,13,14,15). The van der Waals surface area contributed by atoms with Crippen molar-refractivity contribution in [3.05, 3.63) is 40.4 Å². The number of aromatic nitrogens is 3. The van der Waals surface area contributed by atoms with Gasteiger partial charge in [0.05, 0.1) is 11.4 Å². The number of halogens is 1. The van der Waals surface area contributed by atoms with Crippen molar-refractivity contribution in [2.24, 2.45) is 0 Å². The quantitative estimate of drug-likeness (QED) is 0.915. The molecule has 0 saturated heterocycles. The smallest absolute Gasteiger partial charge is 0.244 e. The molecule has 1 aromatic carbocycles. The predicted octanol–water partition coefficient (Wildman–Crippen LogP) is 1.70. The van der Waals surface area contributed by atoms with Gasteiger partial charge < -0.3 is 0 Å². The van der Waals surface area contributed by atoms with Crippen molar-refractivity contribution in [2.75, 3.05) is 7.05 Å². The van der Waals surface area contributed by atoms with Gasteiger partial charge in [0.15, 0.2) is 5.82 Å². The SMILES string of the molecule is Cc1nc(CN(C)S(=O)(=O)c2ccccc2Br)n[nH]1. The molecule has 0 atom stereocenters. The average Bonchev–Trinajstić information content (AvgIpc) is 2.75. The Morgan fingerprint density at radius 1 is 1.37 bits per heavy atom. The Morgan fingerprint density at radius 2 is 2.05 bits per heavy atom. The number of aryl methyl sites for hydroxylation is 1. The van der Waals surface area contributed by atoms with E-state index in [1.54, 1.807) is 31.2 Å². The zero-order chi connectivity index (χ0) is 14.0. The number of sulfonamides is 1. The minimum atomic E-state index is -3.57. The minimum absolute atomic E-state index is 0.119. The minimum Gasteiger partial charge on any atom is -0.263 e. The molecule has 2 rings (SSSR count). The average molecular weight is 345 g/mol. The second kappa shape index (κ2) is 5.40. The summed E-state index contributed by atoms with van der Waals surface area (Å²) in [5.74, 6) is 1.09. The second-order valence-electron chi connectivity index (χ2n) is 4.03. The van der Waals surface area contributed by atoms with E-state index in [-0.39, 0.29) is 11.4 Å². The van der Waals surface area contributed by atoms with E-state index in [9.17, 15) is 8.42 Å². The topological polar surface area (TPSA) is 79.0 Å². The van der Waals surface area contributed by atoms with E-state index >= 15 is 0 Å². The number of hydrogen-bond donors (Lipinski definition) is 1. The van der Waals surface area contributed by atoms with Crippen LogP contribution >= 0.6 is 15.9 Å². The predicted molar refractivity (Wildman–Crippen MR) is 73.9 cm³/mol. The van der Waals surface area contributed by atoms with E-state index in [1.807, 2.05) is 0 Å². The summed E-state index contributed by atoms with van der Waals surface area (Å²) in [5, 5.41) is 6.62. The molecule has 0 amide bonds. The summed E-state index contributed by atoms with van der Waals surface area (Å²) in [6.07, 6.45) is 0. The molecule has 0 aliphatic heterocycles. The molecule has 0 aliphatic rings. The van der Waals surface area contributed by atoms with E-state index in [1.165, 1.54) is 11.4 Å². The molecule has 0 saturated carbocycles. The lowest BCUT2D eigenvalue weighted by atomic mass is 10.4. The number of H-pyrrole nitrogens is 1. The third kappa shape index (κ3) is 3.02. The van der Waals surface area contributed by atoms with Crippen molar-refractivity contribution in [3.8, 4) is 0 Å². The lowest BCUT2D eigenvalue weighted by Gasteiger charge is -2.16. The van der Waals surface area contributed by atoms with E-state index in [2.05, 4.69) is 31.1 Å². The van der Waals surface area contributed by atoms with Gasteiger partial charge in [0, 0.05) is 11.5 Å². The van der Waals surface area contributed by atoms with Gasteiger partial charge in [-0.2, -0.15) is 9.40 Å².